The molecule has 0 heterocycles. The van der Waals surface area contributed by atoms with Gasteiger partial charge in [0.25, 0.3) is 0 Å². The van der Waals surface area contributed by atoms with Crippen LogP contribution in [0.4, 0.5) is 0 Å². The second-order valence-corrected chi connectivity index (χ2v) is 5.53. The van der Waals surface area contributed by atoms with Crippen molar-refractivity contribution < 1.29 is 0 Å². The molecular formula is C14H30N2. The average Bonchev–Trinajstić information content (AvgIpc) is 2.50. The Morgan fingerprint density at radius 2 is 1.88 bits per heavy atom. The van der Waals surface area contributed by atoms with E-state index in [-0.39, 0.29) is 0 Å². The van der Waals surface area contributed by atoms with Crippen molar-refractivity contribution >= 4 is 0 Å². The van der Waals surface area contributed by atoms with Gasteiger partial charge in [0.05, 0.1) is 0 Å². The Morgan fingerprint density at radius 3 is 2.50 bits per heavy atom. The first-order chi connectivity index (χ1) is 7.66. The Morgan fingerprint density at radius 1 is 1.19 bits per heavy atom. The van der Waals surface area contributed by atoms with Crippen molar-refractivity contribution in [2.75, 3.05) is 13.6 Å². The van der Waals surface area contributed by atoms with E-state index >= 15 is 0 Å². The molecule has 2 unspecified atom stereocenters. The van der Waals surface area contributed by atoms with Crippen molar-refractivity contribution in [2.24, 2.45) is 0 Å². The van der Waals surface area contributed by atoms with Crippen LogP contribution in [-0.4, -0.2) is 36.6 Å². The molecule has 1 aliphatic rings. The summed E-state index contributed by atoms with van der Waals surface area (Å²) in [5.74, 6) is 0. The monoisotopic (exact) mass is 226 g/mol. The molecule has 0 saturated heterocycles. The van der Waals surface area contributed by atoms with Gasteiger partial charge >= 0.3 is 0 Å². The SMILES string of the molecule is CCCNC1CCCCCC1N(C)C(C)C. The standard InChI is InChI=1S/C14H30N2/c1-5-11-15-13-9-7-6-8-10-14(13)16(4)12(2)3/h12-15H,5-11H2,1-4H3. The fraction of sp³-hybridized carbons (Fsp3) is 1.00. The summed E-state index contributed by atoms with van der Waals surface area (Å²) in [6.07, 6.45) is 8.22. The third-order valence-electron chi connectivity index (χ3n) is 3.97. The maximum absolute atomic E-state index is 3.76. The van der Waals surface area contributed by atoms with Gasteiger partial charge in [-0.3, -0.25) is 4.90 Å². The third-order valence-corrected chi connectivity index (χ3v) is 3.97. The number of hydrogen-bond donors (Lipinski definition) is 1. The molecule has 0 aromatic carbocycles. The van der Waals surface area contributed by atoms with E-state index in [1.165, 1.54) is 45.1 Å². The molecule has 96 valence electrons. The molecule has 1 saturated carbocycles. The summed E-state index contributed by atoms with van der Waals surface area (Å²) in [5.41, 5.74) is 0. The minimum Gasteiger partial charge on any atom is -0.312 e. The highest BCUT2D eigenvalue weighted by Gasteiger charge is 2.27. The van der Waals surface area contributed by atoms with Crippen molar-refractivity contribution in [1.29, 1.82) is 0 Å². The van der Waals surface area contributed by atoms with Crippen molar-refractivity contribution in [2.45, 2.75) is 77.4 Å². The van der Waals surface area contributed by atoms with Crippen molar-refractivity contribution in [3.05, 3.63) is 0 Å². The van der Waals surface area contributed by atoms with E-state index in [1.54, 1.807) is 0 Å². The summed E-state index contributed by atoms with van der Waals surface area (Å²) in [5, 5.41) is 3.76. The summed E-state index contributed by atoms with van der Waals surface area (Å²) in [7, 11) is 2.29. The smallest absolute Gasteiger partial charge is 0.0248 e. The Kier molecular flexibility index (Phi) is 6.37. The molecule has 0 spiro atoms. The van der Waals surface area contributed by atoms with Crippen LogP contribution in [0.2, 0.25) is 0 Å². The number of nitrogens with zero attached hydrogens (tertiary/aromatic N) is 1. The number of nitrogens with one attached hydrogen (secondary N) is 1. The third kappa shape index (κ3) is 4.06. The zero-order chi connectivity index (χ0) is 12.0. The van der Waals surface area contributed by atoms with Gasteiger partial charge in [0, 0.05) is 18.1 Å². The molecule has 16 heavy (non-hydrogen) atoms. The molecule has 0 bridgehead atoms. The lowest BCUT2D eigenvalue weighted by Gasteiger charge is -2.36. The number of likely N-dealkylation sites (N-methyl/N-ethyl adjacent to an activating group) is 1. The minimum absolute atomic E-state index is 0.661. The topological polar surface area (TPSA) is 15.3 Å². The normalized spacial score (nSPS) is 27.4. The van der Waals surface area contributed by atoms with Crippen LogP contribution in [-0.2, 0) is 0 Å². The Bertz CT molecular complexity index is 180. The predicted octanol–water partition coefficient (Wildman–Crippen LogP) is 3.03. The second kappa shape index (κ2) is 7.29. The lowest BCUT2D eigenvalue weighted by Crippen LogP contribution is -2.50. The average molecular weight is 226 g/mol. The zero-order valence-corrected chi connectivity index (χ0v) is 11.6. The second-order valence-electron chi connectivity index (χ2n) is 5.53. The molecule has 0 radical (unpaired) electrons. The molecule has 1 rings (SSSR count). The molecular weight excluding hydrogens is 196 g/mol. The lowest BCUT2D eigenvalue weighted by atomic mass is 10.0. The highest BCUT2D eigenvalue weighted by atomic mass is 15.2. The van der Waals surface area contributed by atoms with Gasteiger partial charge in [0.15, 0.2) is 0 Å². The molecule has 1 aliphatic carbocycles. The summed E-state index contributed by atoms with van der Waals surface area (Å²) in [4.78, 5) is 2.57. The molecule has 2 heteroatoms. The Balaban J connectivity index is 2.57. The van der Waals surface area contributed by atoms with Crippen LogP contribution in [0, 0.1) is 0 Å². The molecule has 2 nitrogen and oxygen atoms in total. The molecule has 1 fully saturated rings. The minimum atomic E-state index is 0.661. The largest absolute Gasteiger partial charge is 0.312 e. The summed E-state index contributed by atoms with van der Waals surface area (Å²) in [6.45, 7) is 8.04. The maximum atomic E-state index is 3.76. The summed E-state index contributed by atoms with van der Waals surface area (Å²) < 4.78 is 0. The van der Waals surface area contributed by atoms with E-state index in [2.05, 4.69) is 38.0 Å². The van der Waals surface area contributed by atoms with Crippen LogP contribution in [0.5, 0.6) is 0 Å². The molecule has 0 aromatic heterocycles. The van der Waals surface area contributed by atoms with Gasteiger partial charge in [0.1, 0.15) is 0 Å². The quantitative estimate of drug-likeness (QED) is 0.725. The van der Waals surface area contributed by atoms with Crippen molar-refractivity contribution in [3.8, 4) is 0 Å². The fourth-order valence-electron chi connectivity index (χ4n) is 2.73. The van der Waals surface area contributed by atoms with Crippen LogP contribution < -0.4 is 5.32 Å². The van der Waals surface area contributed by atoms with Crippen LogP contribution in [0.1, 0.15) is 59.3 Å². The van der Waals surface area contributed by atoms with Crippen LogP contribution >= 0.6 is 0 Å². The Labute approximate surface area is 102 Å². The highest BCUT2D eigenvalue weighted by molar-refractivity contribution is 4.86. The van der Waals surface area contributed by atoms with Crippen molar-refractivity contribution in [3.63, 3.8) is 0 Å². The van der Waals surface area contributed by atoms with Gasteiger partial charge in [-0.1, -0.05) is 26.2 Å². The van der Waals surface area contributed by atoms with E-state index in [9.17, 15) is 0 Å². The first-order valence-electron chi connectivity index (χ1n) is 7.12. The van der Waals surface area contributed by atoms with Gasteiger partial charge in [-0.05, 0) is 46.7 Å². The van der Waals surface area contributed by atoms with Crippen LogP contribution in [0.3, 0.4) is 0 Å². The van der Waals surface area contributed by atoms with E-state index in [1.807, 2.05) is 0 Å². The van der Waals surface area contributed by atoms with Crippen LogP contribution in [0.15, 0.2) is 0 Å². The van der Waals surface area contributed by atoms with Gasteiger partial charge in [-0.2, -0.15) is 0 Å². The molecule has 0 aromatic rings. The molecule has 0 aliphatic heterocycles. The van der Waals surface area contributed by atoms with Gasteiger partial charge < -0.3 is 5.32 Å². The lowest BCUT2D eigenvalue weighted by molar-refractivity contribution is 0.147. The number of hydrogen-bond acceptors (Lipinski definition) is 2. The van der Waals surface area contributed by atoms with E-state index in [0.717, 1.165) is 12.1 Å². The summed E-state index contributed by atoms with van der Waals surface area (Å²) >= 11 is 0. The molecule has 1 N–H and O–H groups in total. The van der Waals surface area contributed by atoms with Gasteiger partial charge in [-0.15, -0.1) is 0 Å². The van der Waals surface area contributed by atoms with Gasteiger partial charge in [-0.25, -0.2) is 0 Å². The first kappa shape index (κ1) is 14.0. The highest BCUT2D eigenvalue weighted by Crippen LogP contribution is 2.23. The Hall–Kier alpha value is -0.0800. The molecule has 2 atom stereocenters. The van der Waals surface area contributed by atoms with E-state index in [0.29, 0.717) is 6.04 Å². The van der Waals surface area contributed by atoms with Gasteiger partial charge in [0.2, 0.25) is 0 Å². The van der Waals surface area contributed by atoms with E-state index in [4.69, 9.17) is 0 Å². The van der Waals surface area contributed by atoms with Crippen LogP contribution in [0.25, 0.3) is 0 Å². The maximum Gasteiger partial charge on any atom is 0.0248 e. The van der Waals surface area contributed by atoms with Crippen molar-refractivity contribution in [1.82, 2.24) is 10.2 Å². The van der Waals surface area contributed by atoms with E-state index < -0.39 is 0 Å². The predicted molar refractivity (Wildman–Crippen MR) is 71.9 cm³/mol. The number of rotatable bonds is 5. The fourth-order valence-corrected chi connectivity index (χ4v) is 2.73. The first-order valence-corrected chi connectivity index (χ1v) is 7.12. The molecule has 0 amide bonds. The zero-order valence-electron chi connectivity index (χ0n) is 11.6. The summed E-state index contributed by atoms with van der Waals surface area (Å²) in [6, 6.07) is 2.12.